The fourth-order valence-corrected chi connectivity index (χ4v) is 1.97. The lowest BCUT2D eigenvalue weighted by atomic mass is 10.1. The number of para-hydroxylation sites is 1. The Balaban J connectivity index is 0.00000112. The van der Waals surface area contributed by atoms with Gasteiger partial charge in [-0.15, -0.1) is 0 Å². The van der Waals surface area contributed by atoms with Crippen LogP contribution < -0.4 is 11.1 Å². The van der Waals surface area contributed by atoms with Gasteiger partial charge in [-0.05, 0) is 25.6 Å². The first kappa shape index (κ1) is 12.0. The summed E-state index contributed by atoms with van der Waals surface area (Å²) in [4.78, 5) is 4.87. The van der Waals surface area contributed by atoms with Crippen LogP contribution >= 0.6 is 0 Å². The number of hydrogen-bond acceptors (Lipinski definition) is 3. The minimum absolute atomic E-state index is 0. The summed E-state index contributed by atoms with van der Waals surface area (Å²) in [5, 5.41) is 0. The average molecular weight is 207 g/mol. The number of rotatable bonds is 1. The summed E-state index contributed by atoms with van der Waals surface area (Å²) in [5.74, 6) is 0. The summed E-state index contributed by atoms with van der Waals surface area (Å²) in [6.07, 6.45) is 0. The summed E-state index contributed by atoms with van der Waals surface area (Å²) in [7, 11) is 2.19. The fourth-order valence-electron chi connectivity index (χ4n) is 1.97. The van der Waals surface area contributed by atoms with Gasteiger partial charge in [-0.2, -0.15) is 0 Å². The molecule has 15 heavy (non-hydrogen) atoms. The van der Waals surface area contributed by atoms with E-state index in [0.29, 0.717) is 0 Å². The van der Waals surface area contributed by atoms with Crippen LogP contribution in [0.4, 0.5) is 5.69 Å². The van der Waals surface area contributed by atoms with Crippen LogP contribution in [0.25, 0.3) is 0 Å². The van der Waals surface area contributed by atoms with Crippen molar-refractivity contribution in [1.29, 1.82) is 0 Å². The van der Waals surface area contributed by atoms with Crippen molar-refractivity contribution in [3.8, 4) is 0 Å². The van der Waals surface area contributed by atoms with Crippen LogP contribution in [-0.4, -0.2) is 38.1 Å². The van der Waals surface area contributed by atoms with Gasteiger partial charge in [0.2, 0.25) is 0 Å². The molecule has 0 atom stereocenters. The molecule has 84 valence electrons. The summed E-state index contributed by atoms with van der Waals surface area (Å²) >= 11 is 0. The van der Waals surface area contributed by atoms with Crippen molar-refractivity contribution < 1.29 is 0 Å². The Labute approximate surface area is 92.3 Å². The van der Waals surface area contributed by atoms with Gasteiger partial charge in [-0.3, -0.25) is 0 Å². The van der Waals surface area contributed by atoms with Crippen LogP contribution in [0.1, 0.15) is 5.56 Å². The molecule has 1 fully saturated rings. The highest BCUT2D eigenvalue weighted by Crippen LogP contribution is 2.20. The maximum atomic E-state index is 2.48. The van der Waals surface area contributed by atoms with Crippen LogP contribution in [0, 0.1) is 6.92 Å². The Bertz CT molecular complexity index is 303. The van der Waals surface area contributed by atoms with Gasteiger partial charge in [0.25, 0.3) is 0 Å². The van der Waals surface area contributed by atoms with E-state index in [4.69, 9.17) is 0 Å². The first-order valence-corrected chi connectivity index (χ1v) is 5.26. The zero-order chi connectivity index (χ0) is 9.97. The normalized spacial score (nSPS) is 17.3. The fraction of sp³-hybridized carbons (Fsp3) is 0.500. The molecule has 0 radical (unpaired) electrons. The Hall–Kier alpha value is -1.06. The van der Waals surface area contributed by atoms with E-state index in [0.717, 1.165) is 13.1 Å². The second-order valence-electron chi connectivity index (χ2n) is 4.08. The van der Waals surface area contributed by atoms with Gasteiger partial charge < -0.3 is 16.0 Å². The molecule has 3 nitrogen and oxygen atoms in total. The Morgan fingerprint density at radius 2 is 1.60 bits per heavy atom. The van der Waals surface area contributed by atoms with Crippen molar-refractivity contribution >= 4 is 5.69 Å². The third kappa shape index (κ3) is 2.70. The van der Waals surface area contributed by atoms with Crippen molar-refractivity contribution in [2.24, 2.45) is 0 Å². The maximum Gasteiger partial charge on any atom is 0.0396 e. The van der Waals surface area contributed by atoms with Crippen molar-refractivity contribution in [2.45, 2.75) is 6.92 Å². The summed E-state index contributed by atoms with van der Waals surface area (Å²) in [5.41, 5.74) is 2.79. The molecule has 1 saturated heterocycles. The van der Waals surface area contributed by atoms with Gasteiger partial charge in [-0.1, -0.05) is 18.2 Å². The highest BCUT2D eigenvalue weighted by Gasteiger charge is 2.14. The minimum atomic E-state index is 0. The molecule has 2 rings (SSSR count). The molecule has 3 heteroatoms. The summed E-state index contributed by atoms with van der Waals surface area (Å²) < 4.78 is 0. The van der Waals surface area contributed by atoms with Crippen LogP contribution in [0.3, 0.4) is 0 Å². The van der Waals surface area contributed by atoms with Gasteiger partial charge in [0.05, 0.1) is 0 Å². The second-order valence-corrected chi connectivity index (χ2v) is 4.08. The summed E-state index contributed by atoms with van der Waals surface area (Å²) in [6, 6.07) is 8.64. The van der Waals surface area contributed by atoms with Crippen molar-refractivity contribution in [2.75, 3.05) is 38.1 Å². The molecule has 0 aromatic heterocycles. The van der Waals surface area contributed by atoms with E-state index >= 15 is 0 Å². The van der Waals surface area contributed by atoms with Gasteiger partial charge in [0.1, 0.15) is 0 Å². The standard InChI is InChI=1S/C12H18N2.H3N/c1-11-5-3-4-6-12(11)14-9-7-13(2)8-10-14;/h3-6H,7-10H2,1-2H3;1H3. The first-order chi connectivity index (χ1) is 6.77. The number of piperazine rings is 1. The number of benzene rings is 1. The van der Waals surface area contributed by atoms with Gasteiger partial charge in [0.15, 0.2) is 0 Å². The van der Waals surface area contributed by atoms with Gasteiger partial charge >= 0.3 is 0 Å². The molecule has 1 aliphatic rings. The number of anilines is 1. The maximum absolute atomic E-state index is 2.48. The molecule has 1 heterocycles. The van der Waals surface area contributed by atoms with E-state index in [1.54, 1.807) is 0 Å². The lowest BCUT2D eigenvalue weighted by Crippen LogP contribution is -2.44. The zero-order valence-corrected chi connectivity index (χ0v) is 9.74. The molecule has 0 spiro atoms. The number of likely N-dealkylation sites (N-methyl/N-ethyl adjacent to an activating group) is 1. The quantitative estimate of drug-likeness (QED) is 0.765. The van der Waals surface area contributed by atoms with Gasteiger partial charge in [-0.25, -0.2) is 0 Å². The van der Waals surface area contributed by atoms with Crippen molar-refractivity contribution in [1.82, 2.24) is 11.1 Å². The molecular formula is C12H21N3. The van der Waals surface area contributed by atoms with E-state index in [-0.39, 0.29) is 6.15 Å². The molecule has 1 aliphatic heterocycles. The van der Waals surface area contributed by atoms with E-state index in [9.17, 15) is 0 Å². The third-order valence-corrected chi connectivity index (χ3v) is 2.96. The lowest BCUT2D eigenvalue weighted by Gasteiger charge is -2.34. The monoisotopic (exact) mass is 207 g/mol. The molecule has 0 bridgehead atoms. The highest BCUT2D eigenvalue weighted by molar-refractivity contribution is 5.53. The predicted octanol–water partition coefficient (Wildman–Crippen LogP) is 1.91. The lowest BCUT2D eigenvalue weighted by molar-refractivity contribution is 0.312. The zero-order valence-electron chi connectivity index (χ0n) is 9.74. The third-order valence-electron chi connectivity index (χ3n) is 2.96. The number of nitrogens with zero attached hydrogens (tertiary/aromatic N) is 2. The van der Waals surface area contributed by atoms with E-state index < -0.39 is 0 Å². The smallest absolute Gasteiger partial charge is 0.0396 e. The first-order valence-electron chi connectivity index (χ1n) is 5.26. The van der Waals surface area contributed by atoms with E-state index in [2.05, 4.69) is 48.0 Å². The average Bonchev–Trinajstić information content (AvgIpc) is 2.20. The Morgan fingerprint density at radius 1 is 1.00 bits per heavy atom. The Kier molecular flexibility index (Phi) is 4.12. The van der Waals surface area contributed by atoms with E-state index in [1.807, 2.05) is 0 Å². The van der Waals surface area contributed by atoms with E-state index in [1.165, 1.54) is 24.3 Å². The minimum Gasteiger partial charge on any atom is -0.369 e. The van der Waals surface area contributed by atoms with Crippen LogP contribution in [0.15, 0.2) is 24.3 Å². The topological polar surface area (TPSA) is 41.5 Å². The molecular weight excluding hydrogens is 186 g/mol. The second kappa shape index (κ2) is 5.14. The molecule has 0 amide bonds. The summed E-state index contributed by atoms with van der Waals surface area (Å²) in [6.45, 7) is 6.85. The van der Waals surface area contributed by atoms with Crippen LogP contribution in [0.2, 0.25) is 0 Å². The van der Waals surface area contributed by atoms with Crippen molar-refractivity contribution in [3.63, 3.8) is 0 Å². The largest absolute Gasteiger partial charge is 0.369 e. The molecule has 0 saturated carbocycles. The number of aryl methyl sites for hydroxylation is 1. The molecule has 1 aromatic carbocycles. The van der Waals surface area contributed by atoms with Gasteiger partial charge in [0, 0.05) is 31.9 Å². The number of hydrogen-bond donors (Lipinski definition) is 1. The predicted molar refractivity (Wildman–Crippen MR) is 65.9 cm³/mol. The molecule has 1 aromatic rings. The Morgan fingerprint density at radius 3 is 2.20 bits per heavy atom. The van der Waals surface area contributed by atoms with Crippen LogP contribution in [-0.2, 0) is 0 Å². The molecule has 3 N–H and O–H groups in total. The highest BCUT2D eigenvalue weighted by atomic mass is 15.2. The van der Waals surface area contributed by atoms with Crippen LogP contribution in [0.5, 0.6) is 0 Å². The van der Waals surface area contributed by atoms with Crippen molar-refractivity contribution in [3.05, 3.63) is 29.8 Å². The SMILES string of the molecule is Cc1ccccc1N1CCN(C)CC1.N. The molecule has 0 unspecified atom stereocenters. The molecule has 0 aliphatic carbocycles.